The van der Waals surface area contributed by atoms with Gasteiger partial charge in [-0.1, -0.05) is 0 Å². The van der Waals surface area contributed by atoms with Gasteiger partial charge in [0.15, 0.2) is 11.6 Å². The zero-order valence-corrected chi connectivity index (χ0v) is 12.5. The van der Waals surface area contributed by atoms with Gasteiger partial charge in [-0.15, -0.1) is 10.2 Å². The normalized spacial score (nSPS) is 18.7. The number of halogens is 3. The maximum absolute atomic E-state index is 13.7. The third-order valence-electron chi connectivity index (χ3n) is 3.92. The number of carboxylic acids is 1. The molecule has 0 radical (unpaired) electrons. The lowest BCUT2D eigenvalue weighted by Crippen LogP contribution is -2.38. The number of aromatic nitrogens is 2. The van der Waals surface area contributed by atoms with Gasteiger partial charge in [0, 0.05) is 12.6 Å². The minimum atomic E-state index is -1.30. The van der Waals surface area contributed by atoms with Crippen LogP contribution in [0.5, 0.6) is 0 Å². The topological polar surface area (TPSA) is 79.5 Å². The number of piperidine rings is 1. The fourth-order valence-electron chi connectivity index (χ4n) is 2.70. The monoisotopic (exact) mass is 341 g/mol. The third-order valence-corrected chi connectivity index (χ3v) is 3.92. The molecule has 0 spiro atoms. The zero-order chi connectivity index (χ0) is 17.3. The first-order chi connectivity index (χ1) is 11.4. The van der Waals surface area contributed by atoms with E-state index in [-0.39, 0.29) is 23.9 Å². The van der Waals surface area contributed by atoms with Crippen molar-refractivity contribution in [2.45, 2.75) is 19.4 Å². The average Bonchev–Trinajstić information content (AvgIpc) is 2.99. The molecule has 128 valence electrons. The minimum absolute atomic E-state index is 0.153. The quantitative estimate of drug-likeness (QED) is 0.861. The fraction of sp³-hybridized carbons (Fsp3) is 0.400. The van der Waals surface area contributed by atoms with Crippen LogP contribution in [0.15, 0.2) is 16.5 Å². The Morgan fingerprint density at radius 3 is 2.75 bits per heavy atom. The molecular formula is C15H14F3N3O3. The SMILES string of the molecule is O=C(O)C1CCCN(Cc2nnc(-c3cc(F)c(F)cc3F)o2)C1. The minimum Gasteiger partial charge on any atom is -0.481 e. The largest absolute Gasteiger partial charge is 0.481 e. The molecule has 1 aromatic carbocycles. The standard InChI is InChI=1S/C15H14F3N3O3/c16-10-5-12(18)11(17)4-9(10)14-20-19-13(24-14)7-21-3-1-2-8(6-21)15(22)23/h4-5,8H,1-3,6-7H2,(H,22,23). The summed E-state index contributed by atoms with van der Waals surface area (Å²) in [6, 6.07) is 1.07. The van der Waals surface area contributed by atoms with E-state index in [1.807, 2.05) is 4.90 Å². The van der Waals surface area contributed by atoms with Crippen molar-refractivity contribution in [2.24, 2.45) is 5.92 Å². The van der Waals surface area contributed by atoms with Crippen molar-refractivity contribution in [3.63, 3.8) is 0 Å². The van der Waals surface area contributed by atoms with Gasteiger partial charge in [-0.2, -0.15) is 0 Å². The van der Waals surface area contributed by atoms with Gasteiger partial charge in [0.1, 0.15) is 5.82 Å². The van der Waals surface area contributed by atoms with Gasteiger partial charge >= 0.3 is 5.97 Å². The van der Waals surface area contributed by atoms with E-state index >= 15 is 0 Å². The van der Waals surface area contributed by atoms with Gasteiger partial charge in [0.2, 0.25) is 5.89 Å². The van der Waals surface area contributed by atoms with E-state index in [1.165, 1.54) is 0 Å². The molecule has 2 aromatic rings. The number of likely N-dealkylation sites (tertiary alicyclic amines) is 1. The van der Waals surface area contributed by atoms with E-state index < -0.39 is 29.3 Å². The molecule has 3 rings (SSSR count). The van der Waals surface area contributed by atoms with Crippen molar-refractivity contribution >= 4 is 5.97 Å². The number of carbonyl (C=O) groups is 1. The Balaban J connectivity index is 1.74. The maximum atomic E-state index is 13.7. The van der Waals surface area contributed by atoms with Crippen LogP contribution in [-0.2, 0) is 11.3 Å². The third kappa shape index (κ3) is 3.40. The highest BCUT2D eigenvalue weighted by Crippen LogP contribution is 2.25. The van der Waals surface area contributed by atoms with E-state index in [0.29, 0.717) is 31.6 Å². The number of aliphatic carboxylic acids is 1. The summed E-state index contributed by atoms with van der Waals surface area (Å²) in [7, 11) is 0. The molecule has 0 amide bonds. The first-order valence-electron chi connectivity index (χ1n) is 7.36. The first-order valence-corrected chi connectivity index (χ1v) is 7.36. The second kappa shape index (κ2) is 6.60. The van der Waals surface area contributed by atoms with Crippen molar-refractivity contribution in [3.8, 4) is 11.5 Å². The van der Waals surface area contributed by atoms with Crippen LogP contribution in [-0.4, -0.2) is 39.3 Å². The number of hydrogen-bond acceptors (Lipinski definition) is 5. The Morgan fingerprint density at radius 1 is 1.25 bits per heavy atom. The van der Waals surface area contributed by atoms with Gasteiger partial charge < -0.3 is 9.52 Å². The summed E-state index contributed by atoms with van der Waals surface area (Å²) in [5.74, 6) is -4.93. The summed E-state index contributed by atoms with van der Waals surface area (Å²) in [6.45, 7) is 1.25. The van der Waals surface area contributed by atoms with Crippen LogP contribution in [0, 0.1) is 23.4 Å². The Bertz CT molecular complexity index is 766. The number of rotatable bonds is 4. The fourth-order valence-corrected chi connectivity index (χ4v) is 2.70. The van der Waals surface area contributed by atoms with Crippen molar-refractivity contribution in [3.05, 3.63) is 35.5 Å². The number of carboxylic acid groups (broad SMARTS) is 1. The van der Waals surface area contributed by atoms with Crippen LogP contribution in [0.2, 0.25) is 0 Å². The molecule has 1 atom stereocenters. The number of hydrogen-bond donors (Lipinski definition) is 1. The summed E-state index contributed by atoms with van der Waals surface area (Å²) >= 11 is 0. The number of benzene rings is 1. The molecular weight excluding hydrogens is 327 g/mol. The molecule has 0 bridgehead atoms. The molecule has 0 aliphatic carbocycles. The highest BCUT2D eigenvalue weighted by Gasteiger charge is 2.26. The molecule has 1 fully saturated rings. The second-order valence-corrected chi connectivity index (χ2v) is 5.66. The molecule has 1 saturated heterocycles. The lowest BCUT2D eigenvalue weighted by molar-refractivity contribution is -0.143. The molecule has 1 aliphatic heterocycles. The van der Waals surface area contributed by atoms with Crippen LogP contribution in [0.4, 0.5) is 13.2 Å². The highest BCUT2D eigenvalue weighted by molar-refractivity contribution is 5.70. The van der Waals surface area contributed by atoms with Gasteiger partial charge in [-0.25, -0.2) is 13.2 Å². The zero-order valence-electron chi connectivity index (χ0n) is 12.5. The lowest BCUT2D eigenvalue weighted by Gasteiger charge is -2.29. The molecule has 9 heteroatoms. The summed E-state index contributed by atoms with van der Waals surface area (Å²) in [4.78, 5) is 12.9. The molecule has 1 N–H and O–H groups in total. The Hall–Kier alpha value is -2.42. The van der Waals surface area contributed by atoms with Crippen molar-refractivity contribution in [1.82, 2.24) is 15.1 Å². The van der Waals surface area contributed by atoms with Crippen LogP contribution in [0.25, 0.3) is 11.5 Å². The summed E-state index contributed by atoms with van der Waals surface area (Å²) in [5, 5.41) is 16.5. The first kappa shape index (κ1) is 16.4. The van der Waals surface area contributed by atoms with Crippen LogP contribution >= 0.6 is 0 Å². The average molecular weight is 341 g/mol. The summed E-state index contributed by atoms with van der Waals surface area (Å²) in [6.07, 6.45) is 1.34. The van der Waals surface area contributed by atoms with E-state index in [1.54, 1.807) is 0 Å². The molecule has 1 aromatic heterocycles. The molecule has 24 heavy (non-hydrogen) atoms. The molecule has 1 aliphatic rings. The second-order valence-electron chi connectivity index (χ2n) is 5.66. The maximum Gasteiger partial charge on any atom is 0.307 e. The van der Waals surface area contributed by atoms with Crippen LogP contribution in [0.3, 0.4) is 0 Å². The Morgan fingerprint density at radius 2 is 2.00 bits per heavy atom. The van der Waals surface area contributed by atoms with Gasteiger partial charge in [0.25, 0.3) is 5.89 Å². The van der Waals surface area contributed by atoms with Crippen LogP contribution in [0.1, 0.15) is 18.7 Å². The van der Waals surface area contributed by atoms with Crippen molar-refractivity contribution in [1.29, 1.82) is 0 Å². The molecule has 1 unspecified atom stereocenters. The van der Waals surface area contributed by atoms with E-state index in [0.717, 1.165) is 6.42 Å². The van der Waals surface area contributed by atoms with Gasteiger partial charge in [-0.3, -0.25) is 9.69 Å². The lowest BCUT2D eigenvalue weighted by atomic mass is 9.98. The predicted molar refractivity (Wildman–Crippen MR) is 75.2 cm³/mol. The van der Waals surface area contributed by atoms with Gasteiger partial charge in [-0.05, 0) is 25.5 Å². The predicted octanol–water partition coefficient (Wildman–Crippen LogP) is 2.45. The smallest absolute Gasteiger partial charge is 0.307 e. The van der Waals surface area contributed by atoms with E-state index in [4.69, 9.17) is 9.52 Å². The van der Waals surface area contributed by atoms with E-state index in [9.17, 15) is 18.0 Å². The van der Waals surface area contributed by atoms with Crippen molar-refractivity contribution < 1.29 is 27.5 Å². The molecule has 0 saturated carbocycles. The summed E-state index contributed by atoms with van der Waals surface area (Å²) in [5.41, 5.74) is -0.324. The van der Waals surface area contributed by atoms with Gasteiger partial charge in [0.05, 0.1) is 18.0 Å². The summed E-state index contributed by atoms with van der Waals surface area (Å²) < 4.78 is 45.2. The van der Waals surface area contributed by atoms with Crippen LogP contribution < -0.4 is 0 Å². The Labute approximate surface area is 134 Å². The van der Waals surface area contributed by atoms with Crippen molar-refractivity contribution in [2.75, 3.05) is 13.1 Å². The molecule has 6 nitrogen and oxygen atoms in total. The molecule has 2 heterocycles. The highest BCUT2D eigenvalue weighted by atomic mass is 19.2. The Kier molecular flexibility index (Phi) is 4.52. The number of nitrogens with zero attached hydrogens (tertiary/aromatic N) is 3. The van der Waals surface area contributed by atoms with E-state index in [2.05, 4.69) is 10.2 Å².